The number of rotatable bonds is 7. The summed E-state index contributed by atoms with van der Waals surface area (Å²) in [5.74, 6) is -0.925. The van der Waals surface area contributed by atoms with Crippen LogP contribution in [0.25, 0.3) is 0 Å². The molecule has 0 aromatic rings. The van der Waals surface area contributed by atoms with Crippen LogP contribution in [0.3, 0.4) is 0 Å². The van der Waals surface area contributed by atoms with E-state index >= 15 is 0 Å². The lowest BCUT2D eigenvalue weighted by Crippen LogP contribution is -2.48. The third-order valence-corrected chi connectivity index (χ3v) is 2.27. The number of aliphatic carboxylic acids is 1. The van der Waals surface area contributed by atoms with Crippen LogP contribution in [0.5, 0.6) is 0 Å². The number of urea groups is 1. The third-order valence-electron chi connectivity index (χ3n) is 2.27. The van der Waals surface area contributed by atoms with Crippen molar-refractivity contribution < 1.29 is 19.4 Å². The van der Waals surface area contributed by atoms with Gasteiger partial charge in [-0.25, -0.2) is 4.79 Å². The molecular formula is C11H22N2O4. The largest absolute Gasteiger partial charge is 0.481 e. The van der Waals surface area contributed by atoms with Crippen LogP contribution in [-0.2, 0) is 9.53 Å². The van der Waals surface area contributed by atoms with E-state index in [-0.39, 0.29) is 24.5 Å². The van der Waals surface area contributed by atoms with Gasteiger partial charge in [-0.05, 0) is 20.8 Å². The Bertz CT molecular complexity index is 256. The molecule has 0 aliphatic carbocycles. The Kier molecular flexibility index (Phi) is 7.29. The van der Waals surface area contributed by atoms with Crippen molar-refractivity contribution in [2.24, 2.45) is 0 Å². The maximum Gasteiger partial charge on any atom is 0.317 e. The van der Waals surface area contributed by atoms with Crippen LogP contribution in [0.4, 0.5) is 4.79 Å². The average molecular weight is 246 g/mol. The normalized spacial score (nSPS) is 12.3. The molecule has 1 unspecified atom stereocenters. The van der Waals surface area contributed by atoms with Crippen molar-refractivity contribution in [3.05, 3.63) is 0 Å². The molecule has 0 aromatic heterocycles. The summed E-state index contributed by atoms with van der Waals surface area (Å²) in [6.45, 7) is 6.41. The third kappa shape index (κ3) is 6.78. The number of amides is 2. The highest BCUT2D eigenvalue weighted by Gasteiger charge is 2.19. The van der Waals surface area contributed by atoms with Crippen molar-refractivity contribution in [3.8, 4) is 0 Å². The standard InChI is InChI=1S/C11H22N2O4/c1-8(2)13(5-6-17-4)11(16)12-9(3)7-10(14)15/h8-9H,5-7H2,1-4H3,(H,12,16)(H,14,15). The van der Waals surface area contributed by atoms with Crippen molar-refractivity contribution in [3.63, 3.8) is 0 Å². The quantitative estimate of drug-likeness (QED) is 0.700. The van der Waals surface area contributed by atoms with Crippen molar-refractivity contribution >= 4 is 12.0 Å². The molecule has 0 aliphatic heterocycles. The Balaban J connectivity index is 4.26. The van der Waals surface area contributed by atoms with E-state index in [1.807, 2.05) is 13.8 Å². The summed E-state index contributed by atoms with van der Waals surface area (Å²) in [6.07, 6.45) is -0.0814. The number of nitrogens with one attached hydrogen (secondary N) is 1. The molecule has 0 radical (unpaired) electrons. The molecule has 6 heteroatoms. The van der Waals surface area contributed by atoms with Gasteiger partial charge < -0.3 is 20.1 Å². The molecule has 17 heavy (non-hydrogen) atoms. The average Bonchev–Trinajstić information content (AvgIpc) is 2.15. The first-order chi connectivity index (χ1) is 7.88. The molecule has 1 atom stereocenters. The van der Waals surface area contributed by atoms with Crippen LogP contribution in [-0.4, -0.2) is 54.4 Å². The smallest absolute Gasteiger partial charge is 0.317 e. The summed E-state index contributed by atoms with van der Waals surface area (Å²) in [7, 11) is 1.57. The minimum atomic E-state index is -0.925. The van der Waals surface area contributed by atoms with E-state index < -0.39 is 5.97 Å². The SMILES string of the molecule is COCCN(C(=O)NC(C)CC(=O)O)C(C)C. The van der Waals surface area contributed by atoms with E-state index in [1.165, 1.54) is 0 Å². The Hall–Kier alpha value is -1.30. The molecule has 0 fully saturated rings. The molecule has 0 aromatic carbocycles. The molecule has 6 nitrogen and oxygen atoms in total. The zero-order valence-electron chi connectivity index (χ0n) is 10.9. The monoisotopic (exact) mass is 246 g/mol. The van der Waals surface area contributed by atoms with E-state index in [0.717, 1.165) is 0 Å². The molecular weight excluding hydrogens is 224 g/mol. The van der Waals surface area contributed by atoms with Gasteiger partial charge in [-0.3, -0.25) is 4.79 Å². The van der Waals surface area contributed by atoms with E-state index in [1.54, 1.807) is 18.9 Å². The summed E-state index contributed by atoms with van der Waals surface area (Å²) < 4.78 is 4.93. The highest BCUT2D eigenvalue weighted by molar-refractivity contribution is 5.76. The summed E-state index contributed by atoms with van der Waals surface area (Å²) in [5, 5.41) is 11.3. The van der Waals surface area contributed by atoms with Gasteiger partial charge in [0.2, 0.25) is 0 Å². The second-order valence-electron chi connectivity index (χ2n) is 4.23. The fourth-order valence-electron chi connectivity index (χ4n) is 1.39. The Labute approximate surface area is 102 Å². The van der Waals surface area contributed by atoms with Gasteiger partial charge in [-0.15, -0.1) is 0 Å². The topological polar surface area (TPSA) is 78.9 Å². The second-order valence-corrected chi connectivity index (χ2v) is 4.23. The minimum absolute atomic E-state index is 0.0437. The second kappa shape index (κ2) is 7.89. The molecule has 0 saturated carbocycles. The van der Waals surface area contributed by atoms with Gasteiger partial charge >= 0.3 is 12.0 Å². The number of hydrogen-bond donors (Lipinski definition) is 2. The predicted molar refractivity (Wildman–Crippen MR) is 64.0 cm³/mol. The van der Waals surface area contributed by atoms with E-state index in [4.69, 9.17) is 9.84 Å². The summed E-state index contributed by atoms with van der Waals surface area (Å²) in [6, 6.07) is -0.600. The molecule has 0 saturated heterocycles. The number of carbonyl (C=O) groups is 2. The maximum atomic E-state index is 11.8. The van der Waals surface area contributed by atoms with Crippen molar-refractivity contribution in [2.75, 3.05) is 20.3 Å². The van der Waals surface area contributed by atoms with Gasteiger partial charge in [0, 0.05) is 25.7 Å². The highest BCUT2D eigenvalue weighted by atomic mass is 16.5. The molecule has 100 valence electrons. The van der Waals surface area contributed by atoms with E-state index in [2.05, 4.69) is 5.32 Å². The maximum absolute atomic E-state index is 11.8. The minimum Gasteiger partial charge on any atom is -0.481 e. The van der Waals surface area contributed by atoms with Crippen LogP contribution >= 0.6 is 0 Å². The molecule has 2 amide bonds. The van der Waals surface area contributed by atoms with Gasteiger partial charge in [0.25, 0.3) is 0 Å². The lowest BCUT2D eigenvalue weighted by Gasteiger charge is -2.28. The molecule has 0 aliphatic rings. The lowest BCUT2D eigenvalue weighted by molar-refractivity contribution is -0.137. The van der Waals surface area contributed by atoms with Gasteiger partial charge in [-0.1, -0.05) is 0 Å². The van der Waals surface area contributed by atoms with Crippen LogP contribution in [0.15, 0.2) is 0 Å². The van der Waals surface area contributed by atoms with Crippen molar-refractivity contribution in [2.45, 2.75) is 39.3 Å². The zero-order valence-corrected chi connectivity index (χ0v) is 10.9. The van der Waals surface area contributed by atoms with E-state index in [9.17, 15) is 9.59 Å². The first kappa shape index (κ1) is 15.7. The molecule has 0 bridgehead atoms. The van der Waals surface area contributed by atoms with Crippen LogP contribution in [0.2, 0.25) is 0 Å². The van der Waals surface area contributed by atoms with Crippen LogP contribution in [0.1, 0.15) is 27.2 Å². The first-order valence-electron chi connectivity index (χ1n) is 5.66. The Morgan fingerprint density at radius 2 is 1.94 bits per heavy atom. The number of carbonyl (C=O) groups excluding carboxylic acids is 1. The number of carboxylic acids is 1. The fourth-order valence-corrected chi connectivity index (χ4v) is 1.39. The molecule has 0 rings (SSSR count). The molecule has 2 N–H and O–H groups in total. The predicted octanol–water partition coefficient (Wildman–Crippen LogP) is 0.916. The highest BCUT2D eigenvalue weighted by Crippen LogP contribution is 2.00. The number of nitrogens with zero attached hydrogens (tertiary/aromatic N) is 1. The Morgan fingerprint density at radius 1 is 1.35 bits per heavy atom. The van der Waals surface area contributed by atoms with Gasteiger partial charge in [-0.2, -0.15) is 0 Å². The number of carboxylic acid groups (broad SMARTS) is 1. The van der Waals surface area contributed by atoms with Gasteiger partial charge in [0.15, 0.2) is 0 Å². The van der Waals surface area contributed by atoms with Gasteiger partial charge in [0.1, 0.15) is 0 Å². The zero-order chi connectivity index (χ0) is 13.4. The number of hydrogen-bond acceptors (Lipinski definition) is 3. The van der Waals surface area contributed by atoms with Crippen LogP contribution in [0, 0.1) is 0 Å². The van der Waals surface area contributed by atoms with Gasteiger partial charge in [0.05, 0.1) is 13.0 Å². The van der Waals surface area contributed by atoms with E-state index in [0.29, 0.717) is 13.2 Å². The first-order valence-corrected chi connectivity index (χ1v) is 5.66. The molecule has 0 spiro atoms. The number of ether oxygens (including phenoxy) is 1. The summed E-state index contributed by atoms with van der Waals surface area (Å²) >= 11 is 0. The van der Waals surface area contributed by atoms with Crippen molar-refractivity contribution in [1.29, 1.82) is 0 Å². The van der Waals surface area contributed by atoms with Crippen molar-refractivity contribution in [1.82, 2.24) is 10.2 Å². The lowest BCUT2D eigenvalue weighted by atomic mass is 10.2. The number of methoxy groups -OCH3 is 1. The molecule has 0 heterocycles. The summed E-state index contributed by atoms with van der Waals surface area (Å²) in [5.41, 5.74) is 0. The van der Waals surface area contributed by atoms with Crippen LogP contribution < -0.4 is 5.32 Å². The Morgan fingerprint density at radius 3 is 2.35 bits per heavy atom. The fraction of sp³-hybridized carbons (Fsp3) is 0.818. The summed E-state index contributed by atoms with van der Waals surface area (Å²) in [4.78, 5) is 23.9.